The minimum atomic E-state index is 0.539. The summed E-state index contributed by atoms with van der Waals surface area (Å²) in [6.45, 7) is 0. The zero-order valence-corrected chi connectivity index (χ0v) is 12.7. The molecule has 0 N–H and O–H groups in total. The molecular formula is C18H17N3O2. The molecule has 0 spiro atoms. The van der Waals surface area contributed by atoms with Gasteiger partial charge in [-0.3, -0.25) is 0 Å². The molecule has 1 aromatic carbocycles. The maximum absolute atomic E-state index is 5.67. The van der Waals surface area contributed by atoms with Crippen LogP contribution in [0.25, 0.3) is 11.4 Å². The third kappa shape index (κ3) is 3.56. The van der Waals surface area contributed by atoms with Crippen LogP contribution in [0, 0.1) is 5.92 Å². The number of para-hydroxylation sites is 1. The molecule has 0 radical (unpaired) electrons. The molecule has 0 unspecified atom stereocenters. The van der Waals surface area contributed by atoms with Gasteiger partial charge in [0.1, 0.15) is 5.75 Å². The first-order chi connectivity index (χ1) is 11.4. The van der Waals surface area contributed by atoms with Gasteiger partial charge in [0.05, 0.1) is 0 Å². The fraction of sp³-hybridized carbons (Fsp3) is 0.278. The lowest BCUT2D eigenvalue weighted by Gasteiger charge is -2.04. The Morgan fingerprint density at radius 2 is 1.96 bits per heavy atom. The second-order valence-corrected chi connectivity index (χ2v) is 5.79. The second-order valence-electron chi connectivity index (χ2n) is 5.79. The monoisotopic (exact) mass is 307 g/mol. The first-order valence-corrected chi connectivity index (χ1v) is 7.89. The van der Waals surface area contributed by atoms with E-state index in [0.29, 0.717) is 17.6 Å². The van der Waals surface area contributed by atoms with Gasteiger partial charge in [-0.2, -0.15) is 4.98 Å². The maximum atomic E-state index is 5.67. The summed E-state index contributed by atoms with van der Waals surface area (Å²) in [5.41, 5.74) is 0.826. The SMILES string of the molecule is c1ccc(Oc2ccc(-c3noc(CCC4CC4)n3)cn2)cc1. The molecule has 3 aromatic rings. The van der Waals surface area contributed by atoms with Crippen molar-refractivity contribution in [3.8, 4) is 23.0 Å². The standard InChI is InChI=1S/C18H17N3O2/c1-2-4-15(5-3-1)22-16-11-9-14(12-19-16)18-20-17(23-21-18)10-8-13-6-7-13/h1-5,9,11-13H,6-8,10H2. The lowest BCUT2D eigenvalue weighted by Crippen LogP contribution is -1.89. The molecule has 0 amide bonds. The molecule has 1 saturated carbocycles. The third-order valence-corrected chi connectivity index (χ3v) is 3.89. The Balaban J connectivity index is 1.43. The van der Waals surface area contributed by atoms with Crippen LogP contribution in [-0.2, 0) is 6.42 Å². The Morgan fingerprint density at radius 1 is 1.09 bits per heavy atom. The molecule has 2 aromatic heterocycles. The molecule has 1 aliphatic carbocycles. The van der Waals surface area contributed by atoms with Crippen LogP contribution in [0.5, 0.6) is 11.6 Å². The number of hydrogen-bond donors (Lipinski definition) is 0. The molecule has 5 heteroatoms. The van der Waals surface area contributed by atoms with Crippen molar-refractivity contribution in [3.63, 3.8) is 0 Å². The van der Waals surface area contributed by atoms with E-state index in [9.17, 15) is 0 Å². The van der Waals surface area contributed by atoms with E-state index in [1.165, 1.54) is 12.8 Å². The molecule has 116 valence electrons. The molecule has 4 rings (SSSR count). The fourth-order valence-electron chi connectivity index (χ4n) is 2.39. The number of ether oxygens (including phenoxy) is 1. The molecule has 1 aliphatic rings. The molecule has 1 fully saturated rings. The van der Waals surface area contributed by atoms with Gasteiger partial charge in [-0.25, -0.2) is 4.98 Å². The summed E-state index contributed by atoms with van der Waals surface area (Å²) >= 11 is 0. The van der Waals surface area contributed by atoms with Gasteiger partial charge in [-0.1, -0.05) is 36.2 Å². The summed E-state index contributed by atoms with van der Waals surface area (Å²) in [6, 6.07) is 13.3. The first-order valence-electron chi connectivity index (χ1n) is 7.89. The topological polar surface area (TPSA) is 61.0 Å². The lowest BCUT2D eigenvalue weighted by atomic mass is 10.2. The smallest absolute Gasteiger partial charge is 0.226 e. The van der Waals surface area contributed by atoms with Gasteiger partial charge in [0.25, 0.3) is 0 Å². The van der Waals surface area contributed by atoms with Crippen LogP contribution >= 0.6 is 0 Å². The van der Waals surface area contributed by atoms with E-state index in [0.717, 1.165) is 30.1 Å². The fourth-order valence-corrected chi connectivity index (χ4v) is 2.39. The van der Waals surface area contributed by atoms with Gasteiger partial charge in [-0.15, -0.1) is 0 Å². The van der Waals surface area contributed by atoms with Gasteiger partial charge >= 0.3 is 0 Å². The molecule has 23 heavy (non-hydrogen) atoms. The number of rotatable bonds is 6. The summed E-state index contributed by atoms with van der Waals surface area (Å²) in [5, 5.41) is 4.03. The van der Waals surface area contributed by atoms with Crippen LogP contribution in [0.15, 0.2) is 53.2 Å². The summed E-state index contributed by atoms with van der Waals surface area (Å²) < 4.78 is 11.0. The molecule has 0 atom stereocenters. The van der Waals surface area contributed by atoms with Crippen LogP contribution in [0.1, 0.15) is 25.2 Å². The van der Waals surface area contributed by atoms with E-state index < -0.39 is 0 Å². The van der Waals surface area contributed by atoms with Gasteiger partial charge < -0.3 is 9.26 Å². The molecule has 0 bridgehead atoms. The van der Waals surface area contributed by atoms with Crippen molar-refractivity contribution in [2.75, 3.05) is 0 Å². The lowest BCUT2D eigenvalue weighted by molar-refractivity contribution is 0.373. The zero-order chi connectivity index (χ0) is 15.5. The quantitative estimate of drug-likeness (QED) is 0.680. The van der Waals surface area contributed by atoms with Crippen molar-refractivity contribution in [2.45, 2.75) is 25.7 Å². The van der Waals surface area contributed by atoms with E-state index in [1.54, 1.807) is 6.20 Å². The number of aromatic nitrogens is 3. The number of pyridine rings is 1. The number of nitrogens with zero attached hydrogens (tertiary/aromatic N) is 3. The van der Waals surface area contributed by atoms with Crippen molar-refractivity contribution in [2.24, 2.45) is 5.92 Å². The summed E-state index contributed by atoms with van der Waals surface area (Å²) in [6.07, 6.45) is 6.39. The summed E-state index contributed by atoms with van der Waals surface area (Å²) in [5.74, 6) is 3.44. The Labute approximate surface area is 134 Å². The predicted molar refractivity (Wildman–Crippen MR) is 85.1 cm³/mol. The normalized spacial score (nSPS) is 13.9. The van der Waals surface area contributed by atoms with E-state index in [4.69, 9.17) is 9.26 Å². The largest absolute Gasteiger partial charge is 0.439 e. The van der Waals surface area contributed by atoms with E-state index in [-0.39, 0.29) is 0 Å². The second kappa shape index (κ2) is 6.20. The van der Waals surface area contributed by atoms with Crippen LogP contribution in [0.4, 0.5) is 0 Å². The highest BCUT2D eigenvalue weighted by Gasteiger charge is 2.22. The van der Waals surface area contributed by atoms with Crippen molar-refractivity contribution >= 4 is 0 Å². The molecule has 0 aliphatic heterocycles. The number of aryl methyl sites for hydroxylation is 1. The van der Waals surface area contributed by atoms with Crippen molar-refractivity contribution < 1.29 is 9.26 Å². The average Bonchev–Trinajstić information content (AvgIpc) is 3.31. The molecule has 5 nitrogen and oxygen atoms in total. The van der Waals surface area contributed by atoms with Gasteiger partial charge in [0.2, 0.25) is 17.6 Å². The first kappa shape index (κ1) is 13.9. The highest BCUT2D eigenvalue weighted by Crippen LogP contribution is 2.33. The molecule has 0 saturated heterocycles. The number of benzene rings is 1. The van der Waals surface area contributed by atoms with Crippen molar-refractivity contribution in [1.29, 1.82) is 0 Å². The molecule has 2 heterocycles. The van der Waals surface area contributed by atoms with Crippen molar-refractivity contribution in [3.05, 3.63) is 54.6 Å². The van der Waals surface area contributed by atoms with Gasteiger partial charge in [-0.05, 0) is 30.5 Å². The van der Waals surface area contributed by atoms with Crippen LogP contribution in [0.3, 0.4) is 0 Å². The predicted octanol–water partition coefficient (Wildman–Crippen LogP) is 4.27. The summed E-state index contributed by atoms with van der Waals surface area (Å²) in [7, 11) is 0. The van der Waals surface area contributed by atoms with Crippen LogP contribution < -0.4 is 4.74 Å². The minimum absolute atomic E-state index is 0.539. The average molecular weight is 307 g/mol. The highest BCUT2D eigenvalue weighted by atomic mass is 16.5. The summed E-state index contributed by atoms with van der Waals surface area (Å²) in [4.78, 5) is 8.74. The minimum Gasteiger partial charge on any atom is -0.439 e. The van der Waals surface area contributed by atoms with Gasteiger partial charge in [0.15, 0.2) is 0 Å². The maximum Gasteiger partial charge on any atom is 0.226 e. The van der Waals surface area contributed by atoms with E-state index in [1.807, 2.05) is 42.5 Å². The van der Waals surface area contributed by atoms with Gasteiger partial charge in [0, 0.05) is 24.2 Å². The van der Waals surface area contributed by atoms with Crippen LogP contribution in [0.2, 0.25) is 0 Å². The van der Waals surface area contributed by atoms with Crippen LogP contribution in [-0.4, -0.2) is 15.1 Å². The number of hydrogen-bond acceptors (Lipinski definition) is 5. The Kier molecular flexibility index (Phi) is 3.76. The highest BCUT2D eigenvalue weighted by molar-refractivity contribution is 5.53. The zero-order valence-electron chi connectivity index (χ0n) is 12.7. The Morgan fingerprint density at radius 3 is 2.70 bits per heavy atom. The van der Waals surface area contributed by atoms with E-state index >= 15 is 0 Å². The third-order valence-electron chi connectivity index (χ3n) is 3.89. The van der Waals surface area contributed by atoms with Crippen molar-refractivity contribution in [1.82, 2.24) is 15.1 Å². The van der Waals surface area contributed by atoms with E-state index in [2.05, 4.69) is 15.1 Å². The molecular weight excluding hydrogens is 290 g/mol. The Hall–Kier alpha value is -2.69. The Bertz CT molecular complexity index is 764.